The van der Waals surface area contributed by atoms with Crippen molar-refractivity contribution in [3.05, 3.63) is 35.4 Å². The van der Waals surface area contributed by atoms with Crippen LogP contribution in [-0.2, 0) is 13.0 Å². The molecular formula is C20H34N4. The second kappa shape index (κ2) is 10.3. The first-order valence-corrected chi connectivity index (χ1v) is 9.45. The summed E-state index contributed by atoms with van der Waals surface area (Å²) in [6.07, 6.45) is 6.33. The maximum absolute atomic E-state index is 4.41. The molecule has 0 bridgehead atoms. The van der Waals surface area contributed by atoms with E-state index in [2.05, 4.69) is 58.3 Å². The fraction of sp³-hybridized carbons (Fsp3) is 0.650. The average molecular weight is 331 g/mol. The van der Waals surface area contributed by atoms with Crippen molar-refractivity contribution in [2.75, 3.05) is 40.3 Å². The maximum atomic E-state index is 4.41. The molecule has 134 valence electrons. The van der Waals surface area contributed by atoms with Gasteiger partial charge < -0.3 is 15.1 Å². The average Bonchev–Trinajstić information content (AvgIpc) is 3.12. The largest absolute Gasteiger partial charge is 0.356 e. The zero-order chi connectivity index (χ0) is 17.2. The van der Waals surface area contributed by atoms with E-state index in [1.165, 1.54) is 56.4 Å². The lowest BCUT2D eigenvalue weighted by Gasteiger charge is -2.22. The van der Waals surface area contributed by atoms with Crippen LogP contribution >= 0.6 is 0 Å². The molecule has 4 nitrogen and oxygen atoms in total. The fourth-order valence-electron chi connectivity index (χ4n) is 3.28. The Balaban J connectivity index is 1.67. The number of unbranched alkanes of at least 4 members (excludes halogenated alkanes) is 1. The molecule has 1 aliphatic rings. The monoisotopic (exact) mass is 330 g/mol. The molecule has 1 aromatic rings. The quantitative estimate of drug-likeness (QED) is 0.451. The van der Waals surface area contributed by atoms with E-state index in [0.29, 0.717) is 0 Å². The minimum absolute atomic E-state index is 0.886. The smallest absolute Gasteiger partial charge is 0.193 e. The van der Waals surface area contributed by atoms with E-state index < -0.39 is 0 Å². The van der Waals surface area contributed by atoms with Crippen LogP contribution in [0.1, 0.15) is 43.7 Å². The molecule has 0 atom stereocenters. The third-order valence-corrected chi connectivity index (χ3v) is 4.81. The number of aryl methyl sites for hydroxylation is 1. The minimum Gasteiger partial charge on any atom is -0.356 e. The van der Waals surface area contributed by atoms with Gasteiger partial charge in [0.1, 0.15) is 0 Å². The van der Waals surface area contributed by atoms with E-state index in [0.717, 1.165) is 25.5 Å². The lowest BCUT2D eigenvalue weighted by atomic mass is 10.1. The summed E-state index contributed by atoms with van der Waals surface area (Å²) in [5.74, 6) is 0.982. The number of nitrogens with zero attached hydrogens (tertiary/aromatic N) is 3. The number of aliphatic imine (C=N–C) groups is 1. The van der Waals surface area contributed by atoms with E-state index >= 15 is 0 Å². The SMILES string of the molecule is CCc1ccc(CN(C)C(=NC)NCCCCN2CCCC2)cc1. The first-order chi connectivity index (χ1) is 11.7. The van der Waals surface area contributed by atoms with E-state index in [-0.39, 0.29) is 0 Å². The minimum atomic E-state index is 0.886. The standard InChI is InChI=1S/C20H34N4/c1-4-18-9-11-19(12-10-18)17-23(3)20(21-2)22-13-5-6-14-24-15-7-8-16-24/h9-12H,4-8,13-17H2,1-3H3,(H,21,22). The molecule has 1 saturated heterocycles. The van der Waals surface area contributed by atoms with Crippen molar-refractivity contribution in [3.63, 3.8) is 0 Å². The second-order valence-electron chi connectivity index (χ2n) is 6.76. The Morgan fingerprint density at radius 3 is 2.42 bits per heavy atom. The zero-order valence-corrected chi connectivity index (χ0v) is 15.7. The van der Waals surface area contributed by atoms with Gasteiger partial charge in [0, 0.05) is 27.2 Å². The van der Waals surface area contributed by atoms with Gasteiger partial charge in [0.25, 0.3) is 0 Å². The number of benzene rings is 1. The Bertz CT molecular complexity index is 489. The zero-order valence-electron chi connectivity index (χ0n) is 15.7. The highest BCUT2D eigenvalue weighted by Crippen LogP contribution is 2.09. The molecule has 1 N–H and O–H groups in total. The first-order valence-electron chi connectivity index (χ1n) is 9.45. The lowest BCUT2D eigenvalue weighted by molar-refractivity contribution is 0.330. The van der Waals surface area contributed by atoms with Gasteiger partial charge in [-0.1, -0.05) is 31.2 Å². The predicted molar refractivity (Wildman–Crippen MR) is 104 cm³/mol. The number of rotatable bonds is 8. The molecule has 1 fully saturated rings. The van der Waals surface area contributed by atoms with E-state index in [1.54, 1.807) is 0 Å². The second-order valence-corrected chi connectivity index (χ2v) is 6.76. The van der Waals surface area contributed by atoms with Crippen LogP contribution in [0.15, 0.2) is 29.3 Å². The van der Waals surface area contributed by atoms with Crippen LogP contribution in [0.3, 0.4) is 0 Å². The van der Waals surface area contributed by atoms with Gasteiger partial charge in [-0.15, -0.1) is 0 Å². The van der Waals surface area contributed by atoms with Gasteiger partial charge in [0.15, 0.2) is 5.96 Å². The number of hydrogen-bond acceptors (Lipinski definition) is 2. The normalized spacial score (nSPS) is 15.7. The van der Waals surface area contributed by atoms with Crippen molar-refractivity contribution < 1.29 is 0 Å². The van der Waals surface area contributed by atoms with Gasteiger partial charge >= 0.3 is 0 Å². The lowest BCUT2D eigenvalue weighted by Crippen LogP contribution is -2.39. The third-order valence-electron chi connectivity index (χ3n) is 4.81. The Morgan fingerprint density at radius 1 is 1.12 bits per heavy atom. The maximum Gasteiger partial charge on any atom is 0.193 e. The Kier molecular flexibility index (Phi) is 8.10. The van der Waals surface area contributed by atoms with Gasteiger partial charge in [0.2, 0.25) is 0 Å². The molecule has 4 heteroatoms. The van der Waals surface area contributed by atoms with Gasteiger partial charge in [-0.2, -0.15) is 0 Å². The summed E-state index contributed by atoms with van der Waals surface area (Å²) in [5, 5.41) is 3.49. The van der Waals surface area contributed by atoms with Crippen LogP contribution in [0.2, 0.25) is 0 Å². The van der Waals surface area contributed by atoms with Gasteiger partial charge in [-0.25, -0.2) is 0 Å². The van der Waals surface area contributed by atoms with Crippen LogP contribution in [0.5, 0.6) is 0 Å². The van der Waals surface area contributed by atoms with E-state index in [1.807, 2.05) is 7.05 Å². The Labute approximate surface area is 147 Å². The summed E-state index contributed by atoms with van der Waals surface area (Å²) >= 11 is 0. The van der Waals surface area contributed by atoms with Crippen molar-refractivity contribution in [2.45, 2.75) is 45.6 Å². The third kappa shape index (κ3) is 6.16. The summed E-state index contributed by atoms with van der Waals surface area (Å²) < 4.78 is 0. The molecule has 0 amide bonds. The Hall–Kier alpha value is -1.55. The number of guanidine groups is 1. The van der Waals surface area contributed by atoms with Gasteiger partial charge in [-0.05, 0) is 62.9 Å². The highest BCUT2D eigenvalue weighted by molar-refractivity contribution is 5.79. The van der Waals surface area contributed by atoms with E-state index in [9.17, 15) is 0 Å². The van der Waals surface area contributed by atoms with Crippen LogP contribution < -0.4 is 5.32 Å². The molecule has 1 aromatic carbocycles. The van der Waals surface area contributed by atoms with Crippen molar-refractivity contribution in [1.29, 1.82) is 0 Å². The molecule has 1 heterocycles. The molecule has 1 aliphatic heterocycles. The summed E-state index contributed by atoms with van der Waals surface area (Å²) in [6, 6.07) is 8.88. The van der Waals surface area contributed by atoms with Crippen molar-refractivity contribution in [3.8, 4) is 0 Å². The van der Waals surface area contributed by atoms with Crippen LogP contribution in [0.25, 0.3) is 0 Å². The highest BCUT2D eigenvalue weighted by Gasteiger charge is 2.10. The predicted octanol–water partition coefficient (Wildman–Crippen LogP) is 3.13. The molecule has 0 radical (unpaired) electrons. The number of likely N-dealkylation sites (tertiary alicyclic amines) is 1. The number of nitrogens with one attached hydrogen (secondary N) is 1. The van der Waals surface area contributed by atoms with Crippen LogP contribution in [0.4, 0.5) is 0 Å². The molecule has 24 heavy (non-hydrogen) atoms. The summed E-state index contributed by atoms with van der Waals surface area (Å²) in [6.45, 7) is 7.93. The Morgan fingerprint density at radius 2 is 1.79 bits per heavy atom. The summed E-state index contributed by atoms with van der Waals surface area (Å²) in [5.41, 5.74) is 2.72. The molecular weight excluding hydrogens is 296 g/mol. The van der Waals surface area contributed by atoms with E-state index in [4.69, 9.17) is 0 Å². The highest BCUT2D eigenvalue weighted by atomic mass is 15.3. The summed E-state index contributed by atoms with van der Waals surface area (Å²) in [4.78, 5) is 9.19. The van der Waals surface area contributed by atoms with Crippen molar-refractivity contribution in [1.82, 2.24) is 15.1 Å². The molecule has 0 spiro atoms. The fourth-order valence-corrected chi connectivity index (χ4v) is 3.28. The van der Waals surface area contributed by atoms with Crippen molar-refractivity contribution >= 4 is 5.96 Å². The van der Waals surface area contributed by atoms with Crippen LogP contribution in [0, 0.1) is 0 Å². The molecule has 0 aromatic heterocycles. The van der Waals surface area contributed by atoms with Gasteiger partial charge in [0.05, 0.1) is 0 Å². The van der Waals surface area contributed by atoms with Gasteiger partial charge in [-0.3, -0.25) is 4.99 Å². The molecule has 0 saturated carbocycles. The number of hydrogen-bond donors (Lipinski definition) is 1. The van der Waals surface area contributed by atoms with Crippen LogP contribution in [-0.4, -0.2) is 56.0 Å². The summed E-state index contributed by atoms with van der Waals surface area (Å²) in [7, 11) is 3.97. The topological polar surface area (TPSA) is 30.9 Å². The molecule has 0 unspecified atom stereocenters. The molecule has 2 rings (SSSR count). The molecule has 0 aliphatic carbocycles. The van der Waals surface area contributed by atoms with Crippen molar-refractivity contribution in [2.24, 2.45) is 4.99 Å². The first kappa shape index (κ1) is 18.8.